The average molecular weight is 801 g/mol. The molecule has 0 aliphatic heterocycles. The van der Waals surface area contributed by atoms with Crippen LogP contribution in [0.1, 0.15) is 55.9 Å². The molecule has 4 heteroatoms. The Morgan fingerprint density at radius 3 is 0.887 bits per heavy atom. The van der Waals surface area contributed by atoms with Crippen molar-refractivity contribution in [3.63, 3.8) is 0 Å². The van der Waals surface area contributed by atoms with E-state index in [2.05, 4.69) is 83.9 Å². The maximum absolute atomic E-state index is 12.2. The molecule has 2 aliphatic rings. The molecule has 0 saturated carbocycles. The van der Waals surface area contributed by atoms with E-state index in [0.717, 1.165) is 88.6 Å². The van der Waals surface area contributed by atoms with E-state index in [1.165, 1.54) is 11.1 Å². The van der Waals surface area contributed by atoms with E-state index in [1.807, 2.05) is 160 Å². The molecule has 0 unspecified atom stereocenters. The maximum Gasteiger partial charge on any atom is 0.178 e. The number of benzene rings is 7. The Kier molecular flexibility index (Phi) is 10.6. The number of aromatic nitrogens is 2. The third-order valence-corrected chi connectivity index (χ3v) is 12.1. The number of hydrogen-bond acceptors (Lipinski definition) is 4. The molecule has 0 radical (unpaired) electrons. The van der Waals surface area contributed by atoms with Crippen molar-refractivity contribution in [2.45, 2.75) is 38.9 Å². The summed E-state index contributed by atoms with van der Waals surface area (Å²) in [5, 5.41) is 28.2. The molecule has 0 amide bonds. The summed E-state index contributed by atoms with van der Waals surface area (Å²) in [5.74, 6) is 13.6. The van der Waals surface area contributed by atoms with Gasteiger partial charge in [0.05, 0.1) is 0 Å². The van der Waals surface area contributed by atoms with Gasteiger partial charge in [-0.15, -0.1) is 0 Å². The average Bonchev–Trinajstić information content (AvgIpc) is 3.72. The van der Waals surface area contributed by atoms with Crippen LogP contribution in [0, 0.1) is 51.4 Å². The van der Waals surface area contributed by atoms with E-state index in [0.29, 0.717) is 0 Å². The second-order valence-corrected chi connectivity index (χ2v) is 15.8. The third kappa shape index (κ3) is 7.02. The minimum absolute atomic E-state index is 0.796. The van der Waals surface area contributed by atoms with Crippen molar-refractivity contribution < 1.29 is 10.2 Å². The van der Waals surface area contributed by atoms with Crippen molar-refractivity contribution in [3.05, 3.63) is 238 Å². The first-order valence-electron chi connectivity index (χ1n) is 20.8. The van der Waals surface area contributed by atoms with Gasteiger partial charge < -0.3 is 10.2 Å². The highest BCUT2D eigenvalue weighted by Crippen LogP contribution is 2.48. The Labute approximate surface area is 363 Å². The van der Waals surface area contributed by atoms with Gasteiger partial charge in [-0.05, 0) is 94.8 Å². The molecular weight excluding hydrogens is 757 g/mol. The fraction of sp³-hybridized carbons (Fsp3) is 0.103. The van der Waals surface area contributed by atoms with Crippen LogP contribution in [0.25, 0.3) is 43.8 Å². The normalized spacial score (nSPS) is 13.0. The van der Waals surface area contributed by atoms with E-state index >= 15 is 0 Å². The highest BCUT2D eigenvalue weighted by Gasteiger charge is 2.41. The minimum Gasteiger partial charge on any atom is -0.369 e. The summed E-state index contributed by atoms with van der Waals surface area (Å²) < 4.78 is 0. The van der Waals surface area contributed by atoms with Crippen LogP contribution >= 0.6 is 0 Å². The topological polar surface area (TPSA) is 66.2 Å². The number of hydrogen-bond donors (Lipinski definition) is 2. The molecule has 2 aliphatic carbocycles. The molecule has 11 rings (SSSR count). The van der Waals surface area contributed by atoms with Gasteiger partial charge in [0, 0.05) is 57.2 Å². The fourth-order valence-corrected chi connectivity index (χ4v) is 8.53. The lowest BCUT2D eigenvalue weighted by Gasteiger charge is -2.19. The van der Waals surface area contributed by atoms with E-state index in [9.17, 15) is 10.2 Å². The van der Waals surface area contributed by atoms with E-state index in [1.54, 1.807) is 0 Å². The van der Waals surface area contributed by atoms with Gasteiger partial charge >= 0.3 is 0 Å². The van der Waals surface area contributed by atoms with E-state index < -0.39 is 11.2 Å². The first-order valence-corrected chi connectivity index (χ1v) is 20.8. The molecule has 7 aromatic carbocycles. The molecule has 0 bridgehead atoms. The highest BCUT2D eigenvalue weighted by molar-refractivity contribution is 6.10. The SMILES string of the molecule is Cc1cccnc1C.Cc1cccnc1C.OC1(C#Cc2c3ccccc3c(C#CC3(O)c4ccccc4-c4ccccc43)c3ccccc23)c2ccccc2-c2ccccc21. The second-order valence-electron chi connectivity index (χ2n) is 15.8. The van der Waals surface area contributed by atoms with Crippen LogP contribution < -0.4 is 0 Å². The Balaban J connectivity index is 0.000000257. The molecule has 0 fully saturated rings. The van der Waals surface area contributed by atoms with Gasteiger partial charge in [-0.1, -0.05) is 181 Å². The van der Waals surface area contributed by atoms with E-state index in [4.69, 9.17) is 0 Å². The lowest BCUT2D eigenvalue weighted by molar-refractivity contribution is 0.150. The number of aliphatic hydroxyl groups is 2. The van der Waals surface area contributed by atoms with E-state index in [-0.39, 0.29) is 0 Å². The van der Waals surface area contributed by atoms with Crippen LogP contribution in [-0.2, 0) is 11.2 Å². The van der Waals surface area contributed by atoms with Gasteiger partial charge in [-0.3, -0.25) is 9.97 Å². The van der Waals surface area contributed by atoms with Crippen LogP contribution in [-0.4, -0.2) is 20.2 Å². The summed E-state index contributed by atoms with van der Waals surface area (Å²) in [7, 11) is 0. The zero-order chi connectivity index (χ0) is 42.8. The molecular formula is C58H44N2O2. The van der Waals surface area contributed by atoms with Crippen LogP contribution in [0.15, 0.2) is 182 Å². The Bertz CT molecular complexity index is 2890. The van der Waals surface area contributed by atoms with Gasteiger partial charge in [0.1, 0.15) is 0 Å². The summed E-state index contributed by atoms with van der Waals surface area (Å²) in [4.78, 5) is 8.16. The third-order valence-electron chi connectivity index (χ3n) is 12.1. The second kappa shape index (κ2) is 16.5. The molecule has 9 aromatic rings. The standard InChI is InChI=1S/C44H26O2.2C7H9N/c45-43(39-21-9-5-17-35(39)36-18-6-10-22-40(36)43)27-25-33-29-13-1-2-14-30(29)34(32-16-4-3-15-31(32)33)26-28-44(46)41-23-11-7-19-37(41)38-20-8-12-24-42(38)44;2*1-6-4-3-5-8-7(6)2/h1-24,45-46H;2*3-5H,1-2H3. The minimum atomic E-state index is -1.44. The van der Waals surface area contributed by atoms with Gasteiger partial charge in [0.15, 0.2) is 11.2 Å². The fourth-order valence-electron chi connectivity index (χ4n) is 8.53. The van der Waals surface area contributed by atoms with Gasteiger partial charge in [-0.25, -0.2) is 0 Å². The smallest absolute Gasteiger partial charge is 0.178 e. The largest absolute Gasteiger partial charge is 0.369 e. The molecule has 2 N–H and O–H groups in total. The molecule has 0 spiro atoms. The molecule has 298 valence electrons. The molecule has 2 heterocycles. The predicted octanol–water partition coefficient (Wildman–Crippen LogP) is 11.9. The molecule has 0 saturated heterocycles. The first-order chi connectivity index (χ1) is 30.2. The number of nitrogens with zero attached hydrogens (tertiary/aromatic N) is 2. The molecule has 62 heavy (non-hydrogen) atoms. The Morgan fingerprint density at radius 2 is 0.629 bits per heavy atom. The van der Waals surface area contributed by atoms with Crippen molar-refractivity contribution in [3.8, 4) is 45.9 Å². The van der Waals surface area contributed by atoms with Crippen molar-refractivity contribution in [1.82, 2.24) is 9.97 Å². The summed E-state index contributed by atoms with van der Waals surface area (Å²) >= 11 is 0. The van der Waals surface area contributed by atoms with Crippen LogP contribution in [0.5, 0.6) is 0 Å². The first kappa shape index (κ1) is 39.8. The number of pyridine rings is 2. The van der Waals surface area contributed by atoms with Crippen molar-refractivity contribution in [2.75, 3.05) is 0 Å². The summed E-state index contributed by atoms with van der Waals surface area (Å²) in [5.41, 5.74) is 10.7. The van der Waals surface area contributed by atoms with Crippen molar-refractivity contribution in [1.29, 1.82) is 0 Å². The van der Waals surface area contributed by atoms with Gasteiger partial charge in [0.25, 0.3) is 0 Å². The summed E-state index contributed by atoms with van der Waals surface area (Å²) in [6, 6.07) is 56.1. The summed E-state index contributed by atoms with van der Waals surface area (Å²) in [6.45, 7) is 8.13. The highest BCUT2D eigenvalue weighted by atomic mass is 16.3. The summed E-state index contributed by atoms with van der Waals surface area (Å²) in [6.07, 6.45) is 3.62. The zero-order valence-corrected chi connectivity index (χ0v) is 35.1. The molecule has 0 atom stereocenters. The molecule has 2 aromatic heterocycles. The van der Waals surface area contributed by atoms with Gasteiger partial charge in [-0.2, -0.15) is 0 Å². The van der Waals surface area contributed by atoms with Crippen LogP contribution in [0.4, 0.5) is 0 Å². The van der Waals surface area contributed by atoms with Crippen molar-refractivity contribution >= 4 is 21.5 Å². The maximum atomic E-state index is 12.2. The zero-order valence-electron chi connectivity index (χ0n) is 35.1. The Hall–Kier alpha value is -7.60. The quantitative estimate of drug-likeness (QED) is 0.118. The van der Waals surface area contributed by atoms with Crippen LogP contribution in [0.2, 0.25) is 0 Å². The number of rotatable bonds is 0. The number of aryl methyl sites for hydroxylation is 4. The van der Waals surface area contributed by atoms with Crippen LogP contribution in [0.3, 0.4) is 0 Å². The van der Waals surface area contributed by atoms with Crippen molar-refractivity contribution in [2.24, 2.45) is 0 Å². The number of fused-ring (bicyclic) bond motifs is 8. The predicted molar refractivity (Wildman–Crippen MR) is 252 cm³/mol. The monoisotopic (exact) mass is 800 g/mol. The lowest BCUT2D eigenvalue weighted by Crippen LogP contribution is -2.22. The van der Waals surface area contributed by atoms with Gasteiger partial charge in [0.2, 0.25) is 0 Å². The lowest BCUT2D eigenvalue weighted by atomic mass is 9.88. The Morgan fingerprint density at radius 1 is 0.355 bits per heavy atom. The molecule has 4 nitrogen and oxygen atoms in total.